The van der Waals surface area contributed by atoms with E-state index in [-0.39, 0.29) is 0 Å². The van der Waals surface area contributed by atoms with Crippen LogP contribution in [0.2, 0.25) is 0 Å². The first-order valence-electron chi connectivity index (χ1n) is 16.3. The molecule has 0 radical (unpaired) electrons. The molecule has 2 heteroatoms. The first-order chi connectivity index (χ1) is 23.8. The number of thiophene rings is 1. The van der Waals surface area contributed by atoms with E-state index in [0.717, 1.165) is 17.1 Å². The lowest BCUT2D eigenvalue weighted by atomic mass is 9.96. The summed E-state index contributed by atoms with van der Waals surface area (Å²) in [6.07, 6.45) is 0. The normalized spacial score (nSPS) is 11.3. The van der Waals surface area contributed by atoms with Crippen molar-refractivity contribution in [2.45, 2.75) is 0 Å². The third-order valence-electron chi connectivity index (χ3n) is 9.24. The number of rotatable bonds is 6. The molecule has 1 nitrogen and oxygen atoms in total. The second kappa shape index (κ2) is 12.0. The highest BCUT2D eigenvalue weighted by molar-refractivity contribution is 7.25. The quantitative estimate of drug-likeness (QED) is 0.177. The van der Waals surface area contributed by atoms with Crippen molar-refractivity contribution in [3.05, 3.63) is 188 Å². The van der Waals surface area contributed by atoms with Crippen LogP contribution >= 0.6 is 11.3 Å². The van der Waals surface area contributed by atoms with Gasteiger partial charge in [-0.2, -0.15) is 0 Å². The maximum Gasteiger partial charge on any atom is 0.0540 e. The Labute approximate surface area is 284 Å². The van der Waals surface area contributed by atoms with Crippen LogP contribution in [0.1, 0.15) is 0 Å². The van der Waals surface area contributed by atoms with E-state index < -0.39 is 0 Å². The number of hydrogen-bond donors (Lipinski definition) is 0. The minimum atomic E-state index is 1.11. The minimum absolute atomic E-state index is 1.11. The van der Waals surface area contributed by atoms with Gasteiger partial charge in [-0.15, -0.1) is 11.3 Å². The molecule has 9 aromatic rings. The van der Waals surface area contributed by atoms with Gasteiger partial charge in [-0.05, 0) is 99.3 Å². The van der Waals surface area contributed by atoms with Crippen molar-refractivity contribution in [2.24, 2.45) is 0 Å². The van der Waals surface area contributed by atoms with Gasteiger partial charge in [0.25, 0.3) is 0 Å². The van der Waals surface area contributed by atoms with E-state index >= 15 is 0 Å². The lowest BCUT2D eigenvalue weighted by Crippen LogP contribution is -2.11. The van der Waals surface area contributed by atoms with Crippen LogP contribution in [-0.2, 0) is 0 Å². The van der Waals surface area contributed by atoms with Crippen LogP contribution in [0.4, 0.5) is 17.1 Å². The molecule has 0 aliphatic heterocycles. The fourth-order valence-corrected chi connectivity index (χ4v) is 7.98. The number of para-hydroxylation sites is 1. The largest absolute Gasteiger partial charge is 0.310 e. The molecule has 0 spiro atoms. The molecule has 0 saturated heterocycles. The highest BCUT2D eigenvalue weighted by Crippen LogP contribution is 2.43. The number of anilines is 3. The summed E-state index contributed by atoms with van der Waals surface area (Å²) in [5.74, 6) is 0. The molecule has 0 bridgehead atoms. The Kier molecular flexibility index (Phi) is 7.07. The molecule has 0 saturated carbocycles. The molecule has 1 heterocycles. The maximum atomic E-state index is 2.37. The van der Waals surface area contributed by atoms with E-state index in [2.05, 4.69) is 193 Å². The summed E-state index contributed by atoms with van der Waals surface area (Å²) in [7, 11) is 0. The van der Waals surface area contributed by atoms with Gasteiger partial charge in [-0.3, -0.25) is 0 Å². The Hall–Kier alpha value is -5.96. The van der Waals surface area contributed by atoms with Crippen LogP contribution in [0.3, 0.4) is 0 Å². The Balaban J connectivity index is 1.14. The summed E-state index contributed by atoms with van der Waals surface area (Å²) in [4.78, 5) is 2.37. The van der Waals surface area contributed by atoms with Crippen LogP contribution in [0, 0.1) is 0 Å². The zero-order valence-electron chi connectivity index (χ0n) is 26.3. The Morgan fingerprint density at radius 2 is 0.917 bits per heavy atom. The summed E-state index contributed by atoms with van der Waals surface area (Å²) >= 11 is 1.87. The van der Waals surface area contributed by atoms with Gasteiger partial charge in [0.15, 0.2) is 0 Å². The molecule has 0 unspecified atom stereocenters. The minimum Gasteiger partial charge on any atom is -0.310 e. The Morgan fingerprint density at radius 1 is 0.333 bits per heavy atom. The third kappa shape index (κ3) is 5.13. The van der Waals surface area contributed by atoms with Crippen molar-refractivity contribution < 1.29 is 0 Å². The highest BCUT2D eigenvalue weighted by Gasteiger charge is 2.18. The number of fused-ring (bicyclic) bond motifs is 4. The van der Waals surface area contributed by atoms with Gasteiger partial charge in [0.1, 0.15) is 0 Å². The van der Waals surface area contributed by atoms with E-state index in [1.807, 2.05) is 11.3 Å². The van der Waals surface area contributed by atoms with E-state index in [0.29, 0.717) is 0 Å². The third-order valence-corrected chi connectivity index (χ3v) is 10.4. The fraction of sp³-hybridized carbons (Fsp3) is 0. The monoisotopic (exact) mass is 629 g/mol. The lowest BCUT2D eigenvalue weighted by Gasteiger charge is -2.28. The SMILES string of the molecule is c1ccc(-c2ccc(N(c3ccccc3)c3ccc(-c4ccc5cc6c(cc5c4)sc4ccccc46)cc3)c(-c3ccccc3)c2)cc1. The lowest BCUT2D eigenvalue weighted by molar-refractivity contribution is 1.28. The number of benzene rings is 8. The summed E-state index contributed by atoms with van der Waals surface area (Å²) in [5, 5.41) is 5.22. The topological polar surface area (TPSA) is 3.24 Å². The molecule has 0 N–H and O–H groups in total. The van der Waals surface area contributed by atoms with E-state index in [9.17, 15) is 0 Å². The van der Waals surface area contributed by atoms with Gasteiger partial charge >= 0.3 is 0 Å². The van der Waals surface area contributed by atoms with Crippen LogP contribution < -0.4 is 4.90 Å². The van der Waals surface area contributed by atoms with Crippen LogP contribution in [0.5, 0.6) is 0 Å². The van der Waals surface area contributed by atoms with Crippen molar-refractivity contribution >= 4 is 59.3 Å². The predicted octanol–water partition coefficient (Wildman–Crippen LogP) is 13.7. The molecule has 0 fully saturated rings. The van der Waals surface area contributed by atoms with Crippen molar-refractivity contribution in [3.63, 3.8) is 0 Å². The Morgan fingerprint density at radius 3 is 1.69 bits per heavy atom. The zero-order chi connectivity index (χ0) is 31.9. The molecular formula is C46H31NS. The first kappa shape index (κ1) is 28.3. The molecule has 8 aromatic carbocycles. The highest BCUT2D eigenvalue weighted by atomic mass is 32.1. The smallest absolute Gasteiger partial charge is 0.0540 e. The van der Waals surface area contributed by atoms with Gasteiger partial charge in [0.2, 0.25) is 0 Å². The molecule has 0 aliphatic rings. The van der Waals surface area contributed by atoms with Gasteiger partial charge in [0, 0.05) is 37.1 Å². The standard InChI is InChI=1S/C46H31NS/c1-4-12-32(13-5-1)36-24-27-44(42(29-36)34-14-6-2-7-15-34)47(39-16-8-3-9-17-39)40-25-22-33(23-26-40)35-20-21-37-30-43-41-18-10-11-19-45(41)48-46(43)31-38(37)28-35/h1-31H. The molecular weight excluding hydrogens is 599 g/mol. The average molecular weight is 630 g/mol. The summed E-state index contributed by atoms with van der Waals surface area (Å²) in [6.45, 7) is 0. The average Bonchev–Trinajstić information content (AvgIpc) is 3.52. The Bertz CT molecular complexity index is 2530. The number of nitrogens with zero attached hydrogens (tertiary/aromatic N) is 1. The van der Waals surface area contributed by atoms with Crippen molar-refractivity contribution in [3.8, 4) is 33.4 Å². The summed E-state index contributed by atoms with van der Waals surface area (Å²) in [5.41, 5.74) is 10.6. The molecule has 0 atom stereocenters. The maximum absolute atomic E-state index is 2.37. The second-order valence-electron chi connectivity index (χ2n) is 12.2. The van der Waals surface area contributed by atoms with Crippen molar-refractivity contribution in [1.82, 2.24) is 0 Å². The van der Waals surface area contributed by atoms with Crippen molar-refractivity contribution in [2.75, 3.05) is 4.90 Å². The van der Waals surface area contributed by atoms with Gasteiger partial charge in [-0.1, -0.05) is 127 Å². The second-order valence-corrected chi connectivity index (χ2v) is 13.3. The first-order valence-corrected chi connectivity index (χ1v) is 17.2. The molecule has 0 aliphatic carbocycles. The molecule has 1 aromatic heterocycles. The number of hydrogen-bond acceptors (Lipinski definition) is 2. The van der Waals surface area contributed by atoms with Gasteiger partial charge in [0.05, 0.1) is 5.69 Å². The molecule has 226 valence electrons. The fourth-order valence-electron chi connectivity index (χ4n) is 6.85. The van der Waals surface area contributed by atoms with Gasteiger partial charge < -0.3 is 4.90 Å². The summed E-state index contributed by atoms with van der Waals surface area (Å²) < 4.78 is 2.67. The van der Waals surface area contributed by atoms with Crippen LogP contribution in [0.25, 0.3) is 64.3 Å². The molecule has 0 amide bonds. The van der Waals surface area contributed by atoms with Crippen LogP contribution in [-0.4, -0.2) is 0 Å². The van der Waals surface area contributed by atoms with Gasteiger partial charge in [-0.25, -0.2) is 0 Å². The van der Waals surface area contributed by atoms with Crippen molar-refractivity contribution in [1.29, 1.82) is 0 Å². The van der Waals surface area contributed by atoms with Crippen LogP contribution in [0.15, 0.2) is 188 Å². The molecule has 9 rings (SSSR count). The zero-order valence-corrected chi connectivity index (χ0v) is 27.1. The summed E-state index contributed by atoms with van der Waals surface area (Å²) in [6, 6.07) is 68.1. The predicted molar refractivity (Wildman–Crippen MR) is 208 cm³/mol. The molecule has 48 heavy (non-hydrogen) atoms. The van der Waals surface area contributed by atoms with E-state index in [1.165, 1.54) is 64.3 Å². The van der Waals surface area contributed by atoms with E-state index in [4.69, 9.17) is 0 Å². The van der Waals surface area contributed by atoms with E-state index in [1.54, 1.807) is 0 Å².